The minimum absolute atomic E-state index is 0.127. The lowest BCUT2D eigenvalue weighted by molar-refractivity contribution is 0.0218. The number of aromatic amines is 2. The van der Waals surface area contributed by atoms with E-state index in [9.17, 15) is 9.59 Å². The normalized spacial score (nSPS) is 17.7. The molecule has 0 bridgehead atoms. The molecule has 3 N–H and O–H groups in total. The van der Waals surface area contributed by atoms with Gasteiger partial charge in [0.1, 0.15) is 28.4 Å². The summed E-state index contributed by atoms with van der Waals surface area (Å²) in [5.41, 5.74) is 6.42. The third-order valence-electron chi connectivity index (χ3n) is 10.6. The first-order chi connectivity index (χ1) is 25.7. The summed E-state index contributed by atoms with van der Waals surface area (Å²) in [5, 5.41) is 5.39. The molecule has 2 amide bonds. The highest BCUT2D eigenvalue weighted by molar-refractivity contribution is 6.05. The molecule has 8 rings (SSSR count). The van der Waals surface area contributed by atoms with Gasteiger partial charge in [0.05, 0.1) is 28.1 Å². The number of carbonyl (C=O) groups excluding carboxylic acids is 2. The first-order valence-corrected chi connectivity index (χ1v) is 19.3. The maximum Gasteiger partial charge on any atom is 0.410 e. The Morgan fingerprint density at radius 1 is 0.741 bits per heavy atom. The van der Waals surface area contributed by atoms with E-state index in [2.05, 4.69) is 82.0 Å². The van der Waals surface area contributed by atoms with Crippen molar-refractivity contribution >= 4 is 45.0 Å². The van der Waals surface area contributed by atoms with Gasteiger partial charge in [-0.05, 0) is 119 Å². The van der Waals surface area contributed by atoms with Crippen molar-refractivity contribution in [1.29, 1.82) is 0 Å². The topological polar surface area (TPSA) is 125 Å². The summed E-state index contributed by atoms with van der Waals surface area (Å²) in [5.74, 6) is 1.59. The first-order valence-electron chi connectivity index (χ1n) is 19.3. The molecule has 1 aliphatic heterocycles. The zero-order valence-electron chi connectivity index (χ0n) is 32.1. The molecule has 0 spiro atoms. The van der Waals surface area contributed by atoms with Crippen LogP contribution in [0.5, 0.6) is 0 Å². The van der Waals surface area contributed by atoms with E-state index in [-0.39, 0.29) is 12.1 Å². The second kappa shape index (κ2) is 13.5. The highest BCUT2D eigenvalue weighted by Crippen LogP contribution is 2.39. The van der Waals surface area contributed by atoms with Crippen molar-refractivity contribution in [3.8, 4) is 22.3 Å². The number of benzene rings is 4. The van der Waals surface area contributed by atoms with Crippen LogP contribution in [0.2, 0.25) is 0 Å². The Hall–Kier alpha value is -5.38. The van der Waals surface area contributed by atoms with E-state index in [1.54, 1.807) is 4.90 Å². The second-order valence-corrected chi connectivity index (χ2v) is 17.0. The molecule has 0 unspecified atom stereocenters. The Balaban J connectivity index is 1.02. The molecule has 4 aromatic carbocycles. The van der Waals surface area contributed by atoms with Crippen LogP contribution in [-0.2, 0) is 15.0 Å². The quantitative estimate of drug-likeness (QED) is 0.162. The van der Waals surface area contributed by atoms with E-state index < -0.39 is 22.8 Å². The van der Waals surface area contributed by atoms with E-state index >= 15 is 0 Å². The molecular weight excluding hydrogens is 677 g/mol. The summed E-state index contributed by atoms with van der Waals surface area (Å²) < 4.78 is 11.3. The standard InChI is InChI=1S/C44H50N6O4/c1-42(2,3)53-40(51)49-44(22-8-7-9-23-44)39-47-34-21-18-31-25-29(16-19-32(31)37(34)48-39)27-12-14-28(15-13-27)30-17-20-33-35(26-30)46-38(45-33)36-11-10-24-50(36)41(52)54-43(4,5)6/h12-21,25-26,36H,7-11,22-24H2,1-6H3,(H,45,46)(H,47,48)(H,49,51)/t36-/m0/s1. The molecule has 0 radical (unpaired) electrons. The Bertz CT molecular complexity index is 2350. The number of alkyl carbamates (subject to hydrolysis) is 1. The number of nitrogens with one attached hydrogen (secondary N) is 3. The molecular formula is C44H50N6O4. The molecule has 6 aromatic rings. The predicted octanol–water partition coefficient (Wildman–Crippen LogP) is 10.7. The van der Waals surface area contributed by atoms with Crippen LogP contribution in [0, 0.1) is 0 Å². The van der Waals surface area contributed by atoms with Gasteiger partial charge in [-0.2, -0.15) is 0 Å². The summed E-state index contributed by atoms with van der Waals surface area (Å²) >= 11 is 0. The van der Waals surface area contributed by atoms with Gasteiger partial charge in [0.15, 0.2) is 0 Å². The van der Waals surface area contributed by atoms with Crippen molar-refractivity contribution in [1.82, 2.24) is 30.2 Å². The minimum Gasteiger partial charge on any atom is -0.444 e. The summed E-state index contributed by atoms with van der Waals surface area (Å²) in [7, 11) is 0. The fraction of sp³-hybridized carbons (Fsp3) is 0.409. The van der Waals surface area contributed by atoms with Gasteiger partial charge in [0, 0.05) is 11.9 Å². The Morgan fingerprint density at radius 2 is 1.41 bits per heavy atom. The van der Waals surface area contributed by atoms with E-state index in [4.69, 9.17) is 19.4 Å². The number of nitrogens with zero attached hydrogens (tertiary/aromatic N) is 3. The zero-order chi connectivity index (χ0) is 37.8. The van der Waals surface area contributed by atoms with Gasteiger partial charge in [-0.3, -0.25) is 4.90 Å². The van der Waals surface area contributed by atoms with Gasteiger partial charge in [-0.15, -0.1) is 0 Å². The number of hydrogen-bond donors (Lipinski definition) is 3. The summed E-state index contributed by atoms with van der Waals surface area (Å²) in [4.78, 5) is 44.8. The van der Waals surface area contributed by atoms with Crippen molar-refractivity contribution in [3.05, 3.63) is 84.4 Å². The van der Waals surface area contributed by atoms with Gasteiger partial charge in [0.2, 0.25) is 0 Å². The fourth-order valence-corrected chi connectivity index (χ4v) is 8.10. The van der Waals surface area contributed by atoms with Crippen LogP contribution in [0.4, 0.5) is 9.59 Å². The van der Waals surface area contributed by atoms with Crippen molar-refractivity contribution < 1.29 is 19.1 Å². The van der Waals surface area contributed by atoms with E-state index in [1.807, 2.05) is 47.6 Å². The van der Waals surface area contributed by atoms with Crippen LogP contribution >= 0.6 is 0 Å². The smallest absolute Gasteiger partial charge is 0.410 e. The van der Waals surface area contributed by atoms with E-state index in [0.717, 1.165) is 112 Å². The Labute approximate surface area is 316 Å². The highest BCUT2D eigenvalue weighted by atomic mass is 16.6. The molecule has 2 aromatic heterocycles. The molecule has 1 saturated heterocycles. The van der Waals surface area contributed by atoms with Crippen LogP contribution < -0.4 is 5.32 Å². The van der Waals surface area contributed by atoms with Crippen LogP contribution in [-0.4, -0.2) is 54.8 Å². The minimum atomic E-state index is -0.587. The number of aromatic nitrogens is 4. The first kappa shape index (κ1) is 35.6. The van der Waals surface area contributed by atoms with Crippen LogP contribution in [0.25, 0.3) is 55.1 Å². The number of likely N-dealkylation sites (tertiary alicyclic amines) is 1. The number of hydrogen-bond acceptors (Lipinski definition) is 6. The molecule has 2 aliphatic rings. The van der Waals surface area contributed by atoms with Gasteiger partial charge < -0.3 is 24.8 Å². The number of H-pyrrole nitrogens is 2. The number of rotatable bonds is 5. The van der Waals surface area contributed by atoms with Gasteiger partial charge in [-0.25, -0.2) is 19.6 Å². The molecule has 2 fully saturated rings. The lowest BCUT2D eigenvalue weighted by atomic mass is 9.81. The SMILES string of the molecule is CC(C)(C)OC(=O)NC1(c2nc3c(ccc4cc(-c5ccc(-c6ccc7nc([C@@H]8CCCN8C(=O)OC(C)(C)C)[nH]c7c6)cc5)ccc43)[nH]2)CCCCC1. The predicted molar refractivity (Wildman–Crippen MR) is 213 cm³/mol. The molecule has 3 heterocycles. The number of ether oxygens (including phenoxy) is 2. The van der Waals surface area contributed by atoms with Gasteiger partial charge in [0.25, 0.3) is 0 Å². The maximum atomic E-state index is 13.0. The van der Waals surface area contributed by atoms with Crippen molar-refractivity contribution in [3.63, 3.8) is 0 Å². The Kier molecular flexibility index (Phi) is 8.90. The third-order valence-corrected chi connectivity index (χ3v) is 10.6. The second-order valence-electron chi connectivity index (χ2n) is 17.0. The van der Waals surface area contributed by atoms with E-state index in [0.29, 0.717) is 6.54 Å². The van der Waals surface area contributed by atoms with Crippen LogP contribution in [0.3, 0.4) is 0 Å². The molecule has 10 nitrogen and oxygen atoms in total. The molecule has 1 aliphatic carbocycles. The van der Waals surface area contributed by atoms with Crippen LogP contribution in [0.1, 0.15) is 104 Å². The average molecular weight is 727 g/mol. The fourth-order valence-electron chi connectivity index (χ4n) is 8.10. The summed E-state index contributed by atoms with van der Waals surface area (Å²) in [6.45, 7) is 12.0. The highest BCUT2D eigenvalue weighted by Gasteiger charge is 2.40. The monoisotopic (exact) mass is 726 g/mol. The number of carbonyl (C=O) groups is 2. The summed E-state index contributed by atoms with van der Waals surface area (Å²) in [6.07, 6.45) is 5.88. The molecule has 1 saturated carbocycles. The Morgan fingerprint density at radius 3 is 2.11 bits per heavy atom. The molecule has 54 heavy (non-hydrogen) atoms. The molecule has 1 atom stereocenters. The molecule has 10 heteroatoms. The lowest BCUT2D eigenvalue weighted by Gasteiger charge is -2.36. The van der Waals surface area contributed by atoms with E-state index in [1.165, 1.54) is 0 Å². The molecule has 280 valence electrons. The zero-order valence-corrected chi connectivity index (χ0v) is 32.1. The van der Waals surface area contributed by atoms with Crippen molar-refractivity contribution in [2.75, 3.05) is 6.54 Å². The third kappa shape index (κ3) is 7.13. The van der Waals surface area contributed by atoms with Crippen molar-refractivity contribution in [2.24, 2.45) is 0 Å². The van der Waals surface area contributed by atoms with Crippen LogP contribution in [0.15, 0.2) is 72.8 Å². The number of fused-ring (bicyclic) bond motifs is 4. The largest absolute Gasteiger partial charge is 0.444 e. The summed E-state index contributed by atoms with van der Waals surface area (Å²) in [6, 6.07) is 25.5. The van der Waals surface area contributed by atoms with Gasteiger partial charge in [-0.1, -0.05) is 67.8 Å². The lowest BCUT2D eigenvalue weighted by Crippen LogP contribution is -2.49. The number of imidazole rings is 2. The number of amides is 2. The maximum absolute atomic E-state index is 13.0. The average Bonchev–Trinajstić information content (AvgIpc) is 3.89. The van der Waals surface area contributed by atoms with Gasteiger partial charge >= 0.3 is 12.2 Å². The van der Waals surface area contributed by atoms with Crippen molar-refractivity contribution in [2.45, 2.75) is 109 Å².